The average Bonchev–Trinajstić information content (AvgIpc) is 2.51. The molecule has 21 heavy (non-hydrogen) atoms. The Balaban J connectivity index is 2.00. The summed E-state index contributed by atoms with van der Waals surface area (Å²) in [5.41, 5.74) is 1.59. The van der Waals surface area contributed by atoms with Gasteiger partial charge in [0.2, 0.25) is 5.95 Å². The summed E-state index contributed by atoms with van der Waals surface area (Å²) in [5.74, 6) is 0.0228. The molecule has 0 amide bonds. The van der Waals surface area contributed by atoms with Gasteiger partial charge in [0.05, 0.1) is 11.7 Å². The number of halogens is 1. The zero-order chi connectivity index (χ0) is 14.7. The highest BCUT2D eigenvalue weighted by atomic mass is 19.1. The number of nitrogens with zero attached hydrogens (tertiary/aromatic N) is 3. The van der Waals surface area contributed by atoms with Gasteiger partial charge < -0.3 is 10.6 Å². The molecule has 0 radical (unpaired) electrons. The van der Waals surface area contributed by atoms with Crippen LogP contribution in [0.15, 0.2) is 42.7 Å². The highest BCUT2D eigenvalue weighted by molar-refractivity contribution is 5.92. The molecule has 0 bridgehead atoms. The second-order valence-corrected chi connectivity index (χ2v) is 4.42. The van der Waals surface area contributed by atoms with Crippen LogP contribution in [0.4, 0.5) is 21.8 Å². The molecule has 1 aromatic carbocycles. The van der Waals surface area contributed by atoms with E-state index in [4.69, 9.17) is 0 Å². The van der Waals surface area contributed by atoms with Gasteiger partial charge in [-0.1, -0.05) is 6.07 Å². The summed E-state index contributed by atoms with van der Waals surface area (Å²) >= 11 is 0. The van der Waals surface area contributed by atoms with E-state index in [-0.39, 0.29) is 5.82 Å². The molecular weight excluding hydrogens is 269 g/mol. The smallest absolute Gasteiger partial charge is 0.224 e. The first-order chi connectivity index (χ1) is 10.3. The number of hydrogen-bond donors (Lipinski definition) is 2. The maximum atomic E-state index is 13.9. The topological polar surface area (TPSA) is 62.7 Å². The fourth-order valence-electron chi connectivity index (χ4n) is 2.04. The molecule has 5 nitrogen and oxygen atoms in total. The fraction of sp³-hybridized carbons (Fsp3) is 0.133. The van der Waals surface area contributed by atoms with E-state index in [1.54, 1.807) is 6.20 Å². The Bertz CT molecular complexity index is 770. The van der Waals surface area contributed by atoms with Crippen LogP contribution in [0.3, 0.4) is 0 Å². The minimum absolute atomic E-state index is 0.136. The van der Waals surface area contributed by atoms with Crippen molar-refractivity contribution >= 4 is 28.4 Å². The molecule has 3 rings (SSSR count). The van der Waals surface area contributed by atoms with Gasteiger partial charge in [-0.15, -0.1) is 0 Å². The number of fused-ring (bicyclic) bond motifs is 1. The summed E-state index contributed by atoms with van der Waals surface area (Å²) in [4.78, 5) is 12.3. The lowest BCUT2D eigenvalue weighted by molar-refractivity contribution is 0.619. The molecule has 0 fully saturated rings. The maximum absolute atomic E-state index is 13.9. The SMILES string of the molecule is CCNc1ncc(F)c(Nc2cccc3ncccc23)n1. The Morgan fingerprint density at radius 3 is 2.90 bits per heavy atom. The standard InChI is InChI=1S/C15H14FN5/c1-2-17-15-19-9-11(16)14(21-15)20-13-7-3-6-12-10(13)5-4-8-18-12/h3-9H,2H2,1H3,(H2,17,19,20,21). The summed E-state index contributed by atoms with van der Waals surface area (Å²) in [5, 5.41) is 6.87. The van der Waals surface area contributed by atoms with Crippen LogP contribution in [0.5, 0.6) is 0 Å². The number of benzene rings is 1. The van der Waals surface area contributed by atoms with E-state index in [0.29, 0.717) is 12.5 Å². The molecule has 2 heterocycles. The van der Waals surface area contributed by atoms with E-state index in [1.165, 1.54) is 0 Å². The van der Waals surface area contributed by atoms with Crippen LogP contribution in [-0.4, -0.2) is 21.5 Å². The lowest BCUT2D eigenvalue weighted by Gasteiger charge is -2.10. The van der Waals surface area contributed by atoms with Gasteiger partial charge in [0.1, 0.15) is 0 Å². The maximum Gasteiger partial charge on any atom is 0.224 e. The van der Waals surface area contributed by atoms with Crippen molar-refractivity contribution in [1.82, 2.24) is 15.0 Å². The van der Waals surface area contributed by atoms with E-state index >= 15 is 0 Å². The quantitative estimate of drug-likeness (QED) is 0.769. The van der Waals surface area contributed by atoms with Gasteiger partial charge in [-0.2, -0.15) is 4.98 Å². The largest absolute Gasteiger partial charge is 0.354 e. The summed E-state index contributed by atoms with van der Waals surface area (Å²) in [6.07, 6.45) is 2.87. The van der Waals surface area contributed by atoms with Gasteiger partial charge in [-0.05, 0) is 31.2 Å². The van der Waals surface area contributed by atoms with Crippen molar-refractivity contribution in [2.24, 2.45) is 0 Å². The van der Waals surface area contributed by atoms with Gasteiger partial charge >= 0.3 is 0 Å². The molecule has 0 atom stereocenters. The minimum atomic E-state index is -0.502. The number of hydrogen-bond acceptors (Lipinski definition) is 5. The number of anilines is 3. The molecule has 2 aromatic heterocycles. The molecule has 0 spiro atoms. The van der Waals surface area contributed by atoms with Crippen molar-refractivity contribution in [3.05, 3.63) is 48.5 Å². The number of aromatic nitrogens is 3. The van der Waals surface area contributed by atoms with Gasteiger partial charge in [-0.25, -0.2) is 9.37 Å². The molecule has 0 saturated carbocycles. The molecule has 0 aliphatic carbocycles. The van der Waals surface area contributed by atoms with Crippen LogP contribution in [-0.2, 0) is 0 Å². The third-order valence-corrected chi connectivity index (χ3v) is 2.98. The molecule has 3 aromatic rings. The first-order valence-corrected chi connectivity index (χ1v) is 6.65. The summed E-state index contributed by atoms with van der Waals surface area (Å²) in [6, 6.07) is 9.39. The first kappa shape index (κ1) is 13.2. The Morgan fingerprint density at radius 2 is 2.05 bits per heavy atom. The lowest BCUT2D eigenvalue weighted by atomic mass is 10.2. The van der Waals surface area contributed by atoms with Crippen molar-refractivity contribution in [1.29, 1.82) is 0 Å². The minimum Gasteiger partial charge on any atom is -0.354 e. The molecule has 106 valence electrons. The van der Waals surface area contributed by atoms with E-state index in [2.05, 4.69) is 25.6 Å². The Hall–Kier alpha value is -2.76. The van der Waals surface area contributed by atoms with E-state index in [1.807, 2.05) is 37.3 Å². The molecule has 0 aliphatic rings. The Morgan fingerprint density at radius 1 is 1.14 bits per heavy atom. The van der Waals surface area contributed by atoms with Crippen LogP contribution >= 0.6 is 0 Å². The Kier molecular flexibility index (Phi) is 3.59. The number of rotatable bonds is 4. The first-order valence-electron chi connectivity index (χ1n) is 6.65. The van der Waals surface area contributed by atoms with Crippen LogP contribution in [0, 0.1) is 5.82 Å². The molecule has 0 unspecified atom stereocenters. The highest BCUT2D eigenvalue weighted by Gasteiger charge is 2.09. The molecule has 0 aliphatic heterocycles. The summed E-state index contributed by atoms with van der Waals surface area (Å²) < 4.78 is 13.9. The van der Waals surface area contributed by atoms with Gasteiger partial charge in [0.15, 0.2) is 11.6 Å². The molecule has 2 N–H and O–H groups in total. The number of pyridine rings is 1. The third-order valence-electron chi connectivity index (χ3n) is 2.98. The second-order valence-electron chi connectivity index (χ2n) is 4.42. The Labute approximate surface area is 121 Å². The molecule has 6 heteroatoms. The van der Waals surface area contributed by atoms with Crippen molar-refractivity contribution in [3.63, 3.8) is 0 Å². The highest BCUT2D eigenvalue weighted by Crippen LogP contribution is 2.25. The van der Waals surface area contributed by atoms with Crippen LogP contribution in [0.2, 0.25) is 0 Å². The third kappa shape index (κ3) is 2.74. The summed E-state index contributed by atoms with van der Waals surface area (Å²) in [6.45, 7) is 2.60. The predicted octanol–water partition coefficient (Wildman–Crippen LogP) is 3.34. The van der Waals surface area contributed by atoms with Crippen molar-refractivity contribution in [2.75, 3.05) is 17.2 Å². The molecule has 0 saturated heterocycles. The van der Waals surface area contributed by atoms with Crippen molar-refractivity contribution in [3.8, 4) is 0 Å². The van der Waals surface area contributed by atoms with E-state index in [0.717, 1.165) is 22.8 Å². The van der Waals surface area contributed by atoms with Crippen LogP contribution in [0.25, 0.3) is 10.9 Å². The monoisotopic (exact) mass is 283 g/mol. The van der Waals surface area contributed by atoms with Gasteiger partial charge in [-0.3, -0.25) is 4.98 Å². The zero-order valence-corrected chi connectivity index (χ0v) is 11.5. The van der Waals surface area contributed by atoms with Crippen LogP contribution < -0.4 is 10.6 Å². The fourth-order valence-corrected chi connectivity index (χ4v) is 2.04. The zero-order valence-electron chi connectivity index (χ0n) is 11.5. The van der Waals surface area contributed by atoms with Crippen molar-refractivity contribution in [2.45, 2.75) is 6.92 Å². The normalized spacial score (nSPS) is 10.6. The average molecular weight is 283 g/mol. The van der Waals surface area contributed by atoms with Gasteiger partial charge in [0, 0.05) is 23.8 Å². The predicted molar refractivity (Wildman–Crippen MR) is 81.2 cm³/mol. The lowest BCUT2D eigenvalue weighted by Crippen LogP contribution is -2.06. The second kappa shape index (κ2) is 5.70. The van der Waals surface area contributed by atoms with Crippen LogP contribution in [0.1, 0.15) is 6.92 Å². The van der Waals surface area contributed by atoms with Gasteiger partial charge in [0.25, 0.3) is 0 Å². The van der Waals surface area contributed by atoms with Crippen molar-refractivity contribution < 1.29 is 4.39 Å². The molecular formula is C15H14FN5. The summed E-state index contributed by atoms with van der Waals surface area (Å²) in [7, 11) is 0. The number of nitrogens with one attached hydrogen (secondary N) is 2. The van der Waals surface area contributed by atoms with E-state index < -0.39 is 5.82 Å². The van der Waals surface area contributed by atoms with E-state index in [9.17, 15) is 4.39 Å².